The monoisotopic (exact) mass is 669 g/mol. The number of carbonyl (C=O) groups is 3. The second-order valence-electron chi connectivity index (χ2n) is 9.49. The number of anilines is 2. The molecule has 14 heteroatoms. The molecule has 4 aromatic carbocycles. The second kappa shape index (κ2) is 15.7. The van der Waals surface area contributed by atoms with Crippen LogP contribution in [0.2, 0.25) is 0 Å². The van der Waals surface area contributed by atoms with Crippen LogP contribution >= 0.6 is 11.8 Å². The van der Waals surface area contributed by atoms with Crippen LogP contribution in [0.4, 0.5) is 28.9 Å². The van der Waals surface area contributed by atoms with Crippen LogP contribution in [0.25, 0.3) is 6.08 Å². The van der Waals surface area contributed by atoms with Gasteiger partial charge >= 0.3 is 0 Å². The molecular formula is C33H27F4N3O6S. The highest BCUT2D eigenvalue weighted by Crippen LogP contribution is 2.36. The van der Waals surface area contributed by atoms with E-state index in [4.69, 9.17) is 14.2 Å². The van der Waals surface area contributed by atoms with Gasteiger partial charge in [0, 0.05) is 33.8 Å². The van der Waals surface area contributed by atoms with Gasteiger partial charge in [-0.05, 0) is 42.5 Å². The predicted molar refractivity (Wildman–Crippen MR) is 169 cm³/mol. The average molecular weight is 670 g/mol. The van der Waals surface area contributed by atoms with Crippen molar-refractivity contribution in [2.75, 3.05) is 37.7 Å². The fraction of sp³-hybridized carbons (Fsp3) is 0.121. The molecule has 3 amide bonds. The molecule has 0 saturated carbocycles. The van der Waals surface area contributed by atoms with Gasteiger partial charge in [-0.3, -0.25) is 14.4 Å². The van der Waals surface area contributed by atoms with Crippen molar-refractivity contribution in [1.82, 2.24) is 5.32 Å². The van der Waals surface area contributed by atoms with E-state index in [2.05, 4.69) is 10.6 Å². The van der Waals surface area contributed by atoms with Gasteiger partial charge in [0.25, 0.3) is 11.8 Å². The lowest BCUT2D eigenvalue weighted by Gasteiger charge is -2.15. The van der Waals surface area contributed by atoms with Crippen LogP contribution in [0, 0.1) is 23.3 Å². The number of hydrogen-bond acceptors (Lipinski definition) is 7. The van der Waals surface area contributed by atoms with Crippen LogP contribution in [0.15, 0.2) is 83.4 Å². The van der Waals surface area contributed by atoms with E-state index < -0.39 is 52.4 Å². The molecule has 0 aromatic heterocycles. The zero-order chi connectivity index (χ0) is 34.1. The van der Waals surface area contributed by atoms with Crippen molar-refractivity contribution in [2.24, 2.45) is 0 Å². The summed E-state index contributed by atoms with van der Waals surface area (Å²) >= 11 is 0.918. The molecule has 0 aliphatic heterocycles. The third-order valence-corrected chi connectivity index (χ3v) is 7.40. The SMILES string of the molecule is COc1cc(OC)c(OC)cc1/C=C(/NC(=O)c1ccccc1)C(=O)Nc1cccc(SCC(=O)Nc2c(F)c(F)cc(F)c2F)c1. The average Bonchev–Trinajstić information content (AvgIpc) is 3.08. The number of carbonyl (C=O) groups excluding carboxylic acids is 3. The van der Waals surface area contributed by atoms with Crippen molar-refractivity contribution < 1.29 is 46.2 Å². The molecule has 0 aliphatic carbocycles. The maximum Gasteiger partial charge on any atom is 0.272 e. The normalized spacial score (nSPS) is 11.0. The minimum atomic E-state index is -1.74. The topological polar surface area (TPSA) is 115 Å². The van der Waals surface area contributed by atoms with Gasteiger partial charge in [0.05, 0.1) is 27.1 Å². The molecule has 4 rings (SSSR count). The fourth-order valence-corrected chi connectivity index (χ4v) is 4.89. The van der Waals surface area contributed by atoms with Crippen LogP contribution in [-0.2, 0) is 9.59 Å². The molecule has 0 saturated heterocycles. The number of nitrogens with one attached hydrogen (secondary N) is 3. The summed E-state index contributed by atoms with van der Waals surface area (Å²) < 4.78 is 71.0. The van der Waals surface area contributed by atoms with E-state index in [0.29, 0.717) is 33.3 Å². The Labute approximate surface area is 270 Å². The summed E-state index contributed by atoms with van der Waals surface area (Å²) in [6.07, 6.45) is 1.40. The van der Waals surface area contributed by atoms with E-state index in [1.807, 2.05) is 5.32 Å². The molecule has 0 bridgehead atoms. The highest BCUT2D eigenvalue weighted by Gasteiger charge is 2.21. The Bertz CT molecular complexity index is 1810. The van der Waals surface area contributed by atoms with Gasteiger partial charge in [0.15, 0.2) is 34.8 Å². The molecule has 47 heavy (non-hydrogen) atoms. The van der Waals surface area contributed by atoms with Crippen molar-refractivity contribution >= 4 is 46.9 Å². The fourth-order valence-electron chi connectivity index (χ4n) is 4.13. The summed E-state index contributed by atoms with van der Waals surface area (Å²) in [7, 11) is 4.32. The first-order valence-corrected chi connectivity index (χ1v) is 14.6. The largest absolute Gasteiger partial charge is 0.496 e. The number of benzene rings is 4. The first kappa shape index (κ1) is 34.4. The molecule has 4 aromatic rings. The number of hydrogen-bond donors (Lipinski definition) is 3. The number of ether oxygens (including phenoxy) is 3. The Kier molecular flexibility index (Phi) is 11.5. The minimum Gasteiger partial charge on any atom is -0.496 e. The summed E-state index contributed by atoms with van der Waals surface area (Å²) in [4.78, 5) is 39.4. The lowest BCUT2D eigenvalue weighted by Crippen LogP contribution is -2.30. The van der Waals surface area contributed by atoms with Gasteiger partial charge in [0.1, 0.15) is 17.1 Å². The van der Waals surface area contributed by atoms with Crippen molar-refractivity contribution in [2.45, 2.75) is 4.90 Å². The maximum atomic E-state index is 13.9. The molecule has 0 fully saturated rings. The number of thioether (sulfide) groups is 1. The molecule has 0 heterocycles. The van der Waals surface area contributed by atoms with Crippen LogP contribution < -0.4 is 30.2 Å². The third-order valence-electron chi connectivity index (χ3n) is 6.40. The Hall–Kier alpha value is -5.50. The lowest BCUT2D eigenvalue weighted by atomic mass is 10.1. The van der Waals surface area contributed by atoms with Gasteiger partial charge in [-0.25, -0.2) is 17.6 Å². The first-order chi connectivity index (χ1) is 22.5. The number of rotatable bonds is 12. The summed E-state index contributed by atoms with van der Waals surface area (Å²) in [5.41, 5.74) is -0.456. The number of halogens is 4. The highest BCUT2D eigenvalue weighted by molar-refractivity contribution is 8.00. The molecule has 9 nitrogen and oxygen atoms in total. The molecule has 0 atom stereocenters. The van der Waals surface area contributed by atoms with E-state index in [-0.39, 0.29) is 17.5 Å². The van der Waals surface area contributed by atoms with Crippen molar-refractivity contribution in [3.05, 3.63) is 113 Å². The molecular weight excluding hydrogens is 642 g/mol. The van der Waals surface area contributed by atoms with E-state index in [9.17, 15) is 31.9 Å². The Morgan fingerprint density at radius 1 is 0.745 bits per heavy atom. The van der Waals surface area contributed by atoms with E-state index >= 15 is 0 Å². The molecule has 244 valence electrons. The van der Waals surface area contributed by atoms with Gasteiger partial charge in [-0.15, -0.1) is 11.8 Å². The van der Waals surface area contributed by atoms with Crippen molar-refractivity contribution in [3.63, 3.8) is 0 Å². The third kappa shape index (κ3) is 8.61. The van der Waals surface area contributed by atoms with Crippen molar-refractivity contribution in [1.29, 1.82) is 0 Å². The Morgan fingerprint density at radius 3 is 2.02 bits per heavy atom. The zero-order valence-corrected chi connectivity index (χ0v) is 25.9. The summed E-state index contributed by atoms with van der Waals surface area (Å²) in [6.45, 7) is 0. The summed E-state index contributed by atoms with van der Waals surface area (Å²) in [6, 6.07) is 17.6. The molecule has 0 radical (unpaired) electrons. The smallest absolute Gasteiger partial charge is 0.272 e. The van der Waals surface area contributed by atoms with E-state index in [1.165, 1.54) is 33.5 Å². The minimum absolute atomic E-state index is 0.0346. The molecule has 3 N–H and O–H groups in total. The van der Waals surface area contributed by atoms with Crippen molar-refractivity contribution in [3.8, 4) is 17.2 Å². The highest BCUT2D eigenvalue weighted by atomic mass is 32.2. The Morgan fingerprint density at radius 2 is 1.38 bits per heavy atom. The first-order valence-electron chi connectivity index (χ1n) is 13.6. The Balaban J connectivity index is 1.55. The molecule has 0 unspecified atom stereocenters. The van der Waals surface area contributed by atoms with Gasteiger partial charge < -0.3 is 30.2 Å². The van der Waals surface area contributed by atoms with E-state index in [0.717, 1.165) is 11.8 Å². The zero-order valence-electron chi connectivity index (χ0n) is 25.1. The van der Waals surface area contributed by atoms with E-state index in [1.54, 1.807) is 60.7 Å². The number of amides is 3. The van der Waals surface area contributed by atoms with Gasteiger partial charge in [-0.1, -0.05) is 24.3 Å². The standard InChI is InChI=1S/C33H27F4N3O6S/c1-44-25-16-27(46-3)26(45-2)13-19(25)12-24(39-32(42)18-8-5-4-6-9-18)33(43)38-20-10-7-11-21(14-20)47-17-28(41)40-31-29(36)22(34)15-23(35)30(31)37/h4-16H,17H2,1-3H3,(H,38,43)(H,39,42)(H,40,41)/b24-12+. The maximum absolute atomic E-state index is 13.9. The van der Waals surface area contributed by atoms with Gasteiger partial charge in [-0.2, -0.15) is 0 Å². The summed E-state index contributed by atoms with van der Waals surface area (Å²) in [5, 5.41) is 7.15. The lowest BCUT2D eigenvalue weighted by molar-refractivity contribution is -0.114. The quantitative estimate of drug-likeness (QED) is 0.0692. The number of methoxy groups -OCH3 is 3. The second-order valence-corrected chi connectivity index (χ2v) is 10.5. The predicted octanol–water partition coefficient (Wildman–Crippen LogP) is 6.41. The molecule has 0 spiro atoms. The van der Waals surface area contributed by atoms with Crippen LogP contribution in [0.5, 0.6) is 17.2 Å². The van der Waals surface area contributed by atoms with Crippen LogP contribution in [-0.4, -0.2) is 44.8 Å². The van der Waals surface area contributed by atoms with Gasteiger partial charge in [0.2, 0.25) is 5.91 Å². The van der Waals surface area contributed by atoms with Crippen LogP contribution in [0.1, 0.15) is 15.9 Å². The summed E-state index contributed by atoms with van der Waals surface area (Å²) in [5.74, 6) is -8.37. The van der Waals surface area contributed by atoms with Crippen LogP contribution in [0.3, 0.4) is 0 Å². The molecule has 0 aliphatic rings.